The van der Waals surface area contributed by atoms with Crippen LogP contribution in [0.3, 0.4) is 0 Å². The first-order chi connectivity index (χ1) is 9.54. The van der Waals surface area contributed by atoms with E-state index in [-0.39, 0.29) is 11.5 Å². The van der Waals surface area contributed by atoms with Gasteiger partial charge in [-0.1, -0.05) is 6.92 Å². The summed E-state index contributed by atoms with van der Waals surface area (Å²) in [6.07, 6.45) is 2.24. The van der Waals surface area contributed by atoms with Crippen LogP contribution in [-0.4, -0.2) is 33.4 Å². The predicted molar refractivity (Wildman–Crippen MR) is 98.9 cm³/mol. The van der Waals surface area contributed by atoms with Gasteiger partial charge in [0.2, 0.25) is 0 Å². The Morgan fingerprint density at radius 1 is 1.30 bits per heavy atom. The molecular formula is C13H19IN2O2S2. The molecule has 0 aliphatic carbocycles. The van der Waals surface area contributed by atoms with Gasteiger partial charge in [0.05, 0.1) is 9.26 Å². The van der Waals surface area contributed by atoms with Crippen LogP contribution in [0.25, 0.3) is 0 Å². The Kier molecular flexibility index (Phi) is 8.39. The third-order valence-electron chi connectivity index (χ3n) is 2.41. The van der Waals surface area contributed by atoms with E-state index in [2.05, 4.69) is 17.6 Å². The molecule has 1 rings (SSSR count). The van der Waals surface area contributed by atoms with Crippen molar-refractivity contribution in [3.8, 4) is 11.5 Å². The van der Waals surface area contributed by atoms with Crippen molar-refractivity contribution in [3.63, 3.8) is 0 Å². The van der Waals surface area contributed by atoms with Gasteiger partial charge in [0, 0.05) is 12.6 Å². The summed E-state index contributed by atoms with van der Waals surface area (Å²) in [6, 6.07) is 2.95. The van der Waals surface area contributed by atoms with E-state index in [4.69, 9.17) is 12.2 Å². The van der Waals surface area contributed by atoms with Crippen molar-refractivity contribution in [2.45, 2.75) is 19.8 Å². The van der Waals surface area contributed by atoms with Gasteiger partial charge in [-0.3, -0.25) is 0 Å². The zero-order valence-corrected chi connectivity index (χ0v) is 15.1. The number of thioether (sulfide) groups is 1. The quantitative estimate of drug-likeness (QED) is 0.176. The number of anilines is 1. The van der Waals surface area contributed by atoms with Crippen molar-refractivity contribution in [1.82, 2.24) is 5.32 Å². The standard InChI is InChI=1S/C13H19IN2O2S2/c1-2-5-20-6-3-4-15-13(19)16-10-8-11(17)9(14)7-12(10)18/h7-8,17-18H,2-6H2,1H3,(H2,15,16,19). The number of hydrogen-bond donors (Lipinski definition) is 4. The van der Waals surface area contributed by atoms with Gasteiger partial charge in [-0.25, -0.2) is 0 Å². The van der Waals surface area contributed by atoms with Crippen molar-refractivity contribution >= 4 is 57.4 Å². The lowest BCUT2D eigenvalue weighted by atomic mass is 10.3. The Labute approximate surface area is 142 Å². The molecule has 0 fully saturated rings. The molecule has 0 radical (unpaired) electrons. The third-order valence-corrected chi connectivity index (χ3v) is 4.80. The average molecular weight is 426 g/mol. The molecule has 7 heteroatoms. The van der Waals surface area contributed by atoms with Gasteiger partial charge in [-0.05, 0) is 65.2 Å². The van der Waals surface area contributed by atoms with E-state index in [0.29, 0.717) is 14.4 Å². The molecule has 0 aliphatic rings. The fourth-order valence-corrected chi connectivity index (χ4v) is 2.94. The molecule has 112 valence electrons. The highest BCUT2D eigenvalue weighted by molar-refractivity contribution is 14.1. The predicted octanol–water partition coefficient (Wildman–Crippen LogP) is 3.52. The second-order valence-electron chi connectivity index (χ2n) is 4.17. The second-order valence-corrected chi connectivity index (χ2v) is 6.96. The van der Waals surface area contributed by atoms with Crippen LogP contribution in [-0.2, 0) is 0 Å². The number of phenols is 2. The summed E-state index contributed by atoms with van der Waals surface area (Å²) in [6.45, 7) is 2.97. The fourth-order valence-electron chi connectivity index (χ4n) is 1.44. The average Bonchev–Trinajstić information content (AvgIpc) is 2.40. The van der Waals surface area contributed by atoms with Gasteiger partial charge in [0.1, 0.15) is 11.5 Å². The molecule has 0 heterocycles. The van der Waals surface area contributed by atoms with Crippen LogP contribution in [0.15, 0.2) is 12.1 Å². The summed E-state index contributed by atoms with van der Waals surface area (Å²) in [5.74, 6) is 2.48. The fraction of sp³-hybridized carbons (Fsp3) is 0.462. The minimum absolute atomic E-state index is 0.0647. The maximum Gasteiger partial charge on any atom is 0.170 e. The lowest BCUT2D eigenvalue weighted by molar-refractivity contribution is 0.459. The van der Waals surface area contributed by atoms with Crippen molar-refractivity contribution < 1.29 is 10.2 Å². The summed E-state index contributed by atoms with van der Waals surface area (Å²) >= 11 is 9.04. The van der Waals surface area contributed by atoms with Crippen LogP contribution in [0.4, 0.5) is 5.69 Å². The monoisotopic (exact) mass is 426 g/mol. The summed E-state index contributed by atoms with van der Waals surface area (Å²) in [4.78, 5) is 0. The smallest absolute Gasteiger partial charge is 0.170 e. The maximum absolute atomic E-state index is 9.76. The van der Waals surface area contributed by atoms with Gasteiger partial charge in [0.15, 0.2) is 5.11 Å². The lowest BCUT2D eigenvalue weighted by Crippen LogP contribution is -2.29. The molecule has 0 amide bonds. The van der Waals surface area contributed by atoms with Crippen molar-refractivity contribution in [2.75, 3.05) is 23.4 Å². The van der Waals surface area contributed by atoms with E-state index >= 15 is 0 Å². The van der Waals surface area contributed by atoms with Crippen molar-refractivity contribution in [3.05, 3.63) is 15.7 Å². The van der Waals surface area contributed by atoms with Gasteiger partial charge in [-0.2, -0.15) is 11.8 Å². The summed E-state index contributed by atoms with van der Waals surface area (Å²) < 4.78 is 0.595. The Hall–Kier alpha value is -0.410. The number of hydrogen-bond acceptors (Lipinski definition) is 4. The molecule has 20 heavy (non-hydrogen) atoms. The second kappa shape index (κ2) is 9.51. The molecule has 0 saturated carbocycles. The van der Waals surface area contributed by atoms with E-state index in [1.807, 2.05) is 34.4 Å². The number of phenolic OH excluding ortho intramolecular Hbond substituents is 2. The first kappa shape index (κ1) is 17.6. The van der Waals surface area contributed by atoms with Crippen LogP contribution >= 0.6 is 46.6 Å². The normalized spacial score (nSPS) is 10.3. The summed E-state index contributed by atoms with van der Waals surface area (Å²) in [5, 5.41) is 25.8. The van der Waals surface area contributed by atoms with E-state index in [9.17, 15) is 10.2 Å². The highest BCUT2D eigenvalue weighted by atomic mass is 127. The van der Waals surface area contributed by atoms with E-state index in [1.54, 1.807) is 0 Å². The highest BCUT2D eigenvalue weighted by Crippen LogP contribution is 2.32. The molecule has 4 nitrogen and oxygen atoms in total. The molecule has 0 saturated heterocycles. The Balaban J connectivity index is 2.34. The molecule has 1 aromatic rings. The summed E-state index contributed by atoms with van der Waals surface area (Å²) in [5.41, 5.74) is 0.403. The molecule has 0 bridgehead atoms. The zero-order valence-electron chi connectivity index (χ0n) is 11.3. The van der Waals surface area contributed by atoms with Crippen LogP contribution in [0.5, 0.6) is 11.5 Å². The topological polar surface area (TPSA) is 64.5 Å². The van der Waals surface area contributed by atoms with Crippen LogP contribution < -0.4 is 10.6 Å². The van der Waals surface area contributed by atoms with E-state index < -0.39 is 0 Å². The molecule has 0 atom stereocenters. The van der Waals surface area contributed by atoms with E-state index in [0.717, 1.165) is 18.7 Å². The van der Waals surface area contributed by atoms with E-state index in [1.165, 1.54) is 24.3 Å². The molecule has 0 aliphatic heterocycles. The molecule has 4 N–H and O–H groups in total. The van der Waals surface area contributed by atoms with Crippen LogP contribution in [0.1, 0.15) is 19.8 Å². The Morgan fingerprint density at radius 2 is 2.05 bits per heavy atom. The minimum atomic E-state index is 0.0647. The Morgan fingerprint density at radius 3 is 2.75 bits per heavy atom. The molecular weight excluding hydrogens is 407 g/mol. The highest BCUT2D eigenvalue weighted by Gasteiger charge is 2.07. The number of rotatable bonds is 7. The molecule has 1 aromatic carbocycles. The first-order valence-corrected chi connectivity index (χ1v) is 9.02. The number of aromatic hydroxyl groups is 2. The number of benzene rings is 1. The van der Waals surface area contributed by atoms with Crippen molar-refractivity contribution in [2.24, 2.45) is 0 Å². The summed E-state index contributed by atoms with van der Waals surface area (Å²) in [7, 11) is 0. The molecule has 0 aromatic heterocycles. The number of halogens is 1. The van der Waals surface area contributed by atoms with Gasteiger partial charge in [-0.15, -0.1) is 0 Å². The van der Waals surface area contributed by atoms with Gasteiger partial charge in [0.25, 0.3) is 0 Å². The van der Waals surface area contributed by atoms with Crippen molar-refractivity contribution in [1.29, 1.82) is 0 Å². The Bertz CT molecular complexity index is 458. The molecule has 0 unspecified atom stereocenters. The van der Waals surface area contributed by atoms with Gasteiger partial charge >= 0.3 is 0 Å². The zero-order chi connectivity index (χ0) is 15.0. The van der Waals surface area contributed by atoms with Gasteiger partial charge < -0.3 is 20.8 Å². The molecule has 0 spiro atoms. The number of nitrogens with one attached hydrogen (secondary N) is 2. The number of thiocarbonyl (C=S) groups is 1. The minimum Gasteiger partial charge on any atom is -0.507 e. The largest absolute Gasteiger partial charge is 0.507 e. The lowest BCUT2D eigenvalue weighted by Gasteiger charge is -2.12. The maximum atomic E-state index is 9.76. The third kappa shape index (κ3) is 6.36. The first-order valence-electron chi connectivity index (χ1n) is 6.38. The van der Waals surface area contributed by atoms with Crippen LogP contribution in [0.2, 0.25) is 0 Å². The SMILES string of the molecule is CCCSCCCNC(=S)Nc1cc(O)c(I)cc1O. The van der Waals surface area contributed by atoms with Crippen LogP contribution in [0, 0.1) is 3.57 Å².